The Balaban J connectivity index is 2.45. The van der Waals surface area contributed by atoms with Crippen molar-refractivity contribution in [1.82, 2.24) is 0 Å². The molecule has 1 aliphatic rings. The molecule has 0 unspecified atom stereocenters. The molecule has 12 heavy (non-hydrogen) atoms. The van der Waals surface area contributed by atoms with E-state index >= 15 is 0 Å². The molecule has 0 aromatic carbocycles. The molecule has 70 valence electrons. The van der Waals surface area contributed by atoms with Gasteiger partial charge < -0.3 is 20.4 Å². The second-order valence-corrected chi connectivity index (χ2v) is 2.95. The van der Waals surface area contributed by atoms with Gasteiger partial charge in [-0.1, -0.05) is 5.16 Å². The molecule has 0 aromatic heterocycles. The van der Waals surface area contributed by atoms with Gasteiger partial charge in [-0.2, -0.15) is 0 Å². The van der Waals surface area contributed by atoms with E-state index in [1.54, 1.807) is 14.2 Å². The first kappa shape index (κ1) is 9.28. The first-order valence-corrected chi connectivity index (χ1v) is 3.75. The van der Waals surface area contributed by atoms with Gasteiger partial charge in [0.2, 0.25) is 0 Å². The van der Waals surface area contributed by atoms with Crippen LogP contribution in [0.3, 0.4) is 0 Å². The van der Waals surface area contributed by atoms with Crippen LogP contribution in [0.2, 0.25) is 0 Å². The topological polar surface area (TPSA) is 77.1 Å². The van der Waals surface area contributed by atoms with Crippen molar-refractivity contribution in [2.24, 2.45) is 16.8 Å². The molecule has 5 nitrogen and oxygen atoms in total. The molecule has 0 aromatic rings. The van der Waals surface area contributed by atoms with Crippen molar-refractivity contribution < 1.29 is 14.7 Å². The minimum atomic E-state index is -0.514. The molecule has 0 spiro atoms. The smallest absolute Gasteiger partial charge is 0.168 e. The molecule has 1 saturated carbocycles. The van der Waals surface area contributed by atoms with Gasteiger partial charge in [0.1, 0.15) is 5.84 Å². The van der Waals surface area contributed by atoms with E-state index in [0.29, 0.717) is 12.8 Å². The minimum absolute atomic E-state index is 0.0786. The summed E-state index contributed by atoms with van der Waals surface area (Å²) < 4.78 is 10.3. The lowest BCUT2D eigenvalue weighted by Crippen LogP contribution is -2.51. The third-order valence-electron chi connectivity index (χ3n) is 2.39. The molecule has 1 aliphatic carbocycles. The van der Waals surface area contributed by atoms with E-state index in [0.717, 1.165) is 0 Å². The van der Waals surface area contributed by atoms with Crippen LogP contribution >= 0.6 is 0 Å². The molecule has 1 fully saturated rings. The van der Waals surface area contributed by atoms with Crippen LogP contribution in [0.4, 0.5) is 0 Å². The summed E-state index contributed by atoms with van der Waals surface area (Å²) in [6, 6.07) is 0. The summed E-state index contributed by atoms with van der Waals surface area (Å²) in [4.78, 5) is 0. The van der Waals surface area contributed by atoms with E-state index in [2.05, 4.69) is 5.16 Å². The third kappa shape index (κ3) is 1.37. The first-order valence-electron chi connectivity index (χ1n) is 3.75. The molecule has 1 rings (SSSR count). The molecule has 0 radical (unpaired) electrons. The molecule has 3 N–H and O–H groups in total. The second kappa shape index (κ2) is 3.28. The van der Waals surface area contributed by atoms with Crippen LogP contribution in [0.25, 0.3) is 0 Å². The van der Waals surface area contributed by atoms with Crippen molar-refractivity contribution in [3.8, 4) is 0 Å². The lowest BCUT2D eigenvalue weighted by atomic mass is 9.78. The van der Waals surface area contributed by atoms with Crippen LogP contribution in [0.15, 0.2) is 5.16 Å². The monoisotopic (exact) mass is 174 g/mol. The molecule has 0 bridgehead atoms. The van der Waals surface area contributed by atoms with Gasteiger partial charge in [0.05, 0.1) is 0 Å². The van der Waals surface area contributed by atoms with E-state index < -0.39 is 5.79 Å². The fraction of sp³-hybridized carbons (Fsp3) is 0.857. The maximum Gasteiger partial charge on any atom is 0.168 e. The predicted molar refractivity (Wildman–Crippen MR) is 42.9 cm³/mol. The van der Waals surface area contributed by atoms with Crippen molar-refractivity contribution in [2.45, 2.75) is 18.6 Å². The highest BCUT2D eigenvalue weighted by Gasteiger charge is 2.47. The van der Waals surface area contributed by atoms with Gasteiger partial charge >= 0.3 is 0 Å². The molecule has 0 saturated heterocycles. The van der Waals surface area contributed by atoms with Crippen molar-refractivity contribution in [3.05, 3.63) is 0 Å². The Hall–Kier alpha value is -0.810. The van der Waals surface area contributed by atoms with Crippen LogP contribution < -0.4 is 5.73 Å². The average molecular weight is 174 g/mol. The van der Waals surface area contributed by atoms with E-state index in [1.165, 1.54) is 0 Å². The van der Waals surface area contributed by atoms with Crippen LogP contribution in [0.1, 0.15) is 12.8 Å². The van der Waals surface area contributed by atoms with Gasteiger partial charge in [-0.3, -0.25) is 0 Å². The first-order chi connectivity index (χ1) is 5.67. The quantitative estimate of drug-likeness (QED) is 0.210. The van der Waals surface area contributed by atoms with Gasteiger partial charge in [0.25, 0.3) is 0 Å². The molecule has 0 aliphatic heterocycles. The van der Waals surface area contributed by atoms with Crippen molar-refractivity contribution in [3.63, 3.8) is 0 Å². The van der Waals surface area contributed by atoms with E-state index in [4.69, 9.17) is 20.4 Å². The molecule has 0 amide bonds. The summed E-state index contributed by atoms with van der Waals surface area (Å²) in [5, 5.41) is 11.3. The number of hydrogen-bond acceptors (Lipinski definition) is 4. The van der Waals surface area contributed by atoms with E-state index in [1.807, 2.05) is 0 Å². The number of amidine groups is 1. The average Bonchev–Trinajstić information content (AvgIpc) is 2.04. The maximum atomic E-state index is 8.37. The summed E-state index contributed by atoms with van der Waals surface area (Å²) in [5.41, 5.74) is 5.40. The van der Waals surface area contributed by atoms with Gasteiger partial charge in [-0.05, 0) is 0 Å². The number of oxime groups is 1. The van der Waals surface area contributed by atoms with Crippen LogP contribution in [-0.2, 0) is 9.47 Å². The highest BCUT2D eigenvalue weighted by molar-refractivity contribution is 5.83. The molecule has 0 heterocycles. The zero-order valence-corrected chi connectivity index (χ0v) is 7.28. The largest absolute Gasteiger partial charge is 0.409 e. The van der Waals surface area contributed by atoms with Crippen molar-refractivity contribution in [2.75, 3.05) is 14.2 Å². The van der Waals surface area contributed by atoms with E-state index in [9.17, 15) is 0 Å². The Morgan fingerprint density at radius 1 is 1.50 bits per heavy atom. The molecular weight excluding hydrogens is 160 g/mol. The summed E-state index contributed by atoms with van der Waals surface area (Å²) >= 11 is 0. The van der Waals surface area contributed by atoms with Crippen LogP contribution in [-0.4, -0.2) is 31.0 Å². The number of methoxy groups -OCH3 is 2. The normalized spacial score (nSPS) is 23.7. The lowest BCUT2D eigenvalue weighted by Gasteiger charge is -2.44. The zero-order valence-electron chi connectivity index (χ0n) is 7.28. The molecule has 5 heteroatoms. The fourth-order valence-electron chi connectivity index (χ4n) is 1.40. The third-order valence-corrected chi connectivity index (χ3v) is 2.39. The van der Waals surface area contributed by atoms with Gasteiger partial charge in [-0.25, -0.2) is 0 Å². The Labute approximate surface area is 71.1 Å². The summed E-state index contributed by atoms with van der Waals surface area (Å²) in [6.07, 6.45) is 1.30. The number of ether oxygens (including phenoxy) is 2. The Bertz CT molecular complexity index is 181. The standard InChI is InChI=1S/C7H14N2O3/c1-11-7(12-2)3-5(4-7)6(8)9-10/h5,10H,3-4H2,1-2H3,(H2,8,9). The highest BCUT2D eigenvalue weighted by atomic mass is 16.7. The predicted octanol–water partition coefficient (Wildman–Crippen LogP) is 0.132. The summed E-state index contributed by atoms with van der Waals surface area (Å²) in [5.74, 6) is -0.186. The Morgan fingerprint density at radius 2 is 2.00 bits per heavy atom. The lowest BCUT2D eigenvalue weighted by molar-refractivity contribution is -0.260. The van der Waals surface area contributed by atoms with Crippen molar-refractivity contribution >= 4 is 5.84 Å². The highest BCUT2D eigenvalue weighted by Crippen LogP contribution is 2.40. The van der Waals surface area contributed by atoms with Gasteiger partial charge in [0, 0.05) is 33.0 Å². The number of rotatable bonds is 3. The SMILES string of the molecule is COC1(OC)CC(/C(N)=N/O)C1. The Morgan fingerprint density at radius 3 is 2.33 bits per heavy atom. The fourth-order valence-corrected chi connectivity index (χ4v) is 1.40. The second-order valence-electron chi connectivity index (χ2n) is 2.95. The number of hydrogen-bond donors (Lipinski definition) is 2. The maximum absolute atomic E-state index is 8.37. The zero-order chi connectivity index (χ0) is 9.19. The van der Waals surface area contributed by atoms with Crippen LogP contribution in [0, 0.1) is 5.92 Å². The molecular formula is C7H14N2O3. The van der Waals surface area contributed by atoms with E-state index in [-0.39, 0.29) is 11.8 Å². The summed E-state index contributed by atoms with van der Waals surface area (Å²) in [6.45, 7) is 0. The van der Waals surface area contributed by atoms with Gasteiger partial charge in [0.15, 0.2) is 5.79 Å². The summed E-state index contributed by atoms with van der Waals surface area (Å²) in [7, 11) is 3.18. The van der Waals surface area contributed by atoms with Crippen molar-refractivity contribution in [1.29, 1.82) is 0 Å². The van der Waals surface area contributed by atoms with Crippen LogP contribution in [0.5, 0.6) is 0 Å². The Kier molecular flexibility index (Phi) is 2.54. The van der Waals surface area contributed by atoms with Gasteiger partial charge in [-0.15, -0.1) is 0 Å². The molecule has 0 atom stereocenters. The number of nitrogens with two attached hydrogens (primary N) is 1. The number of nitrogens with zero attached hydrogens (tertiary/aromatic N) is 1. The minimum Gasteiger partial charge on any atom is -0.409 e.